The average Bonchev–Trinajstić information content (AvgIpc) is 3.14. The number of rotatable bonds is 6. The van der Waals surface area contributed by atoms with Gasteiger partial charge in [0.15, 0.2) is 0 Å². The first-order valence-electron chi connectivity index (χ1n) is 10.5. The molecule has 5 rings (SSSR count). The molecular weight excluding hydrogens is 374 g/mol. The molecule has 1 aliphatic rings. The lowest BCUT2D eigenvalue weighted by Gasteiger charge is -2.13. The van der Waals surface area contributed by atoms with E-state index in [0.717, 1.165) is 42.3 Å². The van der Waals surface area contributed by atoms with E-state index in [1.54, 1.807) is 0 Å². The number of hydrogen-bond acceptors (Lipinski definition) is 4. The summed E-state index contributed by atoms with van der Waals surface area (Å²) in [5.41, 5.74) is 4.09. The van der Waals surface area contributed by atoms with Gasteiger partial charge in [0.2, 0.25) is 0 Å². The predicted molar refractivity (Wildman–Crippen MR) is 122 cm³/mol. The first kappa shape index (κ1) is 18.3. The number of hydrogen-bond donors (Lipinski definition) is 1. The maximum Gasteiger partial charge on any atom is 0.138 e. The van der Waals surface area contributed by atoms with Crippen LogP contribution in [0.15, 0.2) is 60.7 Å². The van der Waals surface area contributed by atoms with E-state index in [1.807, 2.05) is 11.3 Å². The topological polar surface area (TPSA) is 37.8 Å². The van der Waals surface area contributed by atoms with Gasteiger partial charge in [-0.05, 0) is 48.8 Å². The third-order valence-corrected chi connectivity index (χ3v) is 6.80. The third-order valence-electron chi connectivity index (χ3n) is 5.61. The molecule has 29 heavy (non-hydrogen) atoms. The minimum Gasteiger partial charge on any atom is -0.369 e. The van der Waals surface area contributed by atoms with E-state index in [2.05, 4.69) is 66.0 Å². The van der Waals surface area contributed by atoms with Gasteiger partial charge in [0.25, 0.3) is 0 Å². The summed E-state index contributed by atoms with van der Waals surface area (Å²) in [5.74, 6) is 1.93. The Bertz CT molecular complexity index is 1100. The molecule has 0 saturated heterocycles. The fourth-order valence-electron chi connectivity index (χ4n) is 4.16. The zero-order chi connectivity index (χ0) is 19.5. The first-order chi connectivity index (χ1) is 14.4. The largest absolute Gasteiger partial charge is 0.369 e. The third kappa shape index (κ3) is 4.03. The van der Waals surface area contributed by atoms with Gasteiger partial charge in [-0.15, -0.1) is 11.3 Å². The van der Waals surface area contributed by atoms with E-state index in [0.29, 0.717) is 0 Å². The van der Waals surface area contributed by atoms with Gasteiger partial charge in [0.05, 0.1) is 5.39 Å². The lowest BCUT2D eigenvalue weighted by atomic mass is 9.97. The second kappa shape index (κ2) is 8.34. The summed E-state index contributed by atoms with van der Waals surface area (Å²) in [6.45, 7) is 0.880. The van der Waals surface area contributed by atoms with E-state index in [9.17, 15) is 0 Å². The summed E-state index contributed by atoms with van der Waals surface area (Å²) < 4.78 is 0. The second-order valence-corrected chi connectivity index (χ2v) is 8.79. The molecule has 3 nitrogen and oxygen atoms in total. The fraction of sp³-hybridized carbons (Fsp3) is 0.280. The lowest BCUT2D eigenvalue weighted by Crippen LogP contribution is -2.10. The molecule has 4 aromatic rings. The Morgan fingerprint density at radius 3 is 2.34 bits per heavy atom. The zero-order valence-electron chi connectivity index (χ0n) is 16.5. The predicted octanol–water partition coefficient (Wildman–Crippen LogP) is 5.82. The molecule has 0 amide bonds. The molecule has 146 valence electrons. The number of nitrogens with one attached hydrogen (secondary N) is 1. The molecule has 1 aliphatic carbocycles. The summed E-state index contributed by atoms with van der Waals surface area (Å²) >= 11 is 1.88. The Kier molecular flexibility index (Phi) is 5.27. The average molecular weight is 400 g/mol. The fourth-order valence-corrected chi connectivity index (χ4v) is 5.44. The summed E-state index contributed by atoms with van der Waals surface area (Å²) in [5, 5.41) is 4.93. The number of nitrogens with zero attached hydrogens (tertiary/aromatic N) is 2. The van der Waals surface area contributed by atoms with E-state index in [1.165, 1.54) is 46.2 Å². The van der Waals surface area contributed by atoms with Crippen LogP contribution in [0.1, 0.15) is 40.2 Å². The molecule has 1 N–H and O–H groups in total. The minimum absolute atomic E-state index is 0.771. The molecule has 0 saturated carbocycles. The number of benzene rings is 2. The van der Waals surface area contributed by atoms with Gasteiger partial charge in [-0.2, -0.15) is 0 Å². The molecule has 0 unspecified atom stereocenters. The number of aryl methyl sites for hydroxylation is 2. The van der Waals surface area contributed by atoms with Crippen LogP contribution >= 0.6 is 11.3 Å². The molecule has 0 spiro atoms. The Morgan fingerprint density at radius 2 is 1.55 bits per heavy atom. The van der Waals surface area contributed by atoms with Crippen LogP contribution in [0, 0.1) is 0 Å². The summed E-state index contributed by atoms with van der Waals surface area (Å²) in [6, 6.07) is 21.2. The van der Waals surface area contributed by atoms with Crippen molar-refractivity contribution in [1.82, 2.24) is 9.97 Å². The minimum atomic E-state index is 0.771. The maximum atomic E-state index is 4.99. The van der Waals surface area contributed by atoms with Crippen molar-refractivity contribution in [1.29, 1.82) is 0 Å². The summed E-state index contributed by atoms with van der Waals surface area (Å²) in [4.78, 5) is 12.6. The SMILES string of the molecule is c1ccc(CCNc2nc(Cc3ccccc3)nc3sc4c(c23)CCCC4)cc1. The van der Waals surface area contributed by atoms with Crippen molar-refractivity contribution < 1.29 is 0 Å². The van der Waals surface area contributed by atoms with Crippen LogP contribution in [0.25, 0.3) is 10.2 Å². The quantitative estimate of drug-likeness (QED) is 0.444. The van der Waals surface area contributed by atoms with Crippen LogP contribution in [-0.2, 0) is 25.7 Å². The molecule has 0 atom stereocenters. The van der Waals surface area contributed by atoms with Crippen molar-refractivity contribution in [3.05, 3.63) is 88.1 Å². The Hall–Kier alpha value is -2.72. The normalized spacial score (nSPS) is 13.4. The number of aromatic nitrogens is 2. The van der Waals surface area contributed by atoms with E-state index >= 15 is 0 Å². The van der Waals surface area contributed by atoms with E-state index in [4.69, 9.17) is 9.97 Å². The van der Waals surface area contributed by atoms with Gasteiger partial charge in [-0.1, -0.05) is 60.7 Å². The highest BCUT2D eigenvalue weighted by atomic mass is 32.1. The molecule has 0 bridgehead atoms. The van der Waals surface area contributed by atoms with Crippen molar-refractivity contribution in [3.63, 3.8) is 0 Å². The van der Waals surface area contributed by atoms with E-state index in [-0.39, 0.29) is 0 Å². The molecule has 2 heterocycles. The molecule has 2 aromatic carbocycles. The van der Waals surface area contributed by atoms with E-state index < -0.39 is 0 Å². The highest BCUT2D eigenvalue weighted by Gasteiger charge is 2.21. The molecule has 0 radical (unpaired) electrons. The highest BCUT2D eigenvalue weighted by molar-refractivity contribution is 7.19. The Labute approximate surface area is 175 Å². The number of thiophene rings is 1. The lowest BCUT2D eigenvalue weighted by molar-refractivity contribution is 0.700. The van der Waals surface area contributed by atoms with Crippen molar-refractivity contribution in [2.24, 2.45) is 0 Å². The zero-order valence-corrected chi connectivity index (χ0v) is 17.3. The van der Waals surface area contributed by atoms with Gasteiger partial charge in [0.1, 0.15) is 16.5 Å². The van der Waals surface area contributed by atoms with Gasteiger partial charge < -0.3 is 5.32 Å². The highest BCUT2D eigenvalue weighted by Crippen LogP contribution is 2.38. The van der Waals surface area contributed by atoms with Crippen molar-refractivity contribution in [2.75, 3.05) is 11.9 Å². The smallest absolute Gasteiger partial charge is 0.138 e. The monoisotopic (exact) mass is 399 g/mol. The first-order valence-corrected chi connectivity index (χ1v) is 11.3. The van der Waals surface area contributed by atoms with Crippen LogP contribution in [0.3, 0.4) is 0 Å². The van der Waals surface area contributed by atoms with Crippen LogP contribution in [0.2, 0.25) is 0 Å². The van der Waals surface area contributed by atoms with Crippen LogP contribution in [0.5, 0.6) is 0 Å². The van der Waals surface area contributed by atoms with Crippen molar-refractivity contribution in [2.45, 2.75) is 38.5 Å². The second-order valence-electron chi connectivity index (χ2n) is 7.70. The van der Waals surface area contributed by atoms with Crippen molar-refractivity contribution >= 4 is 27.4 Å². The standard InChI is InChI=1S/C25H25N3S/c1-3-9-18(10-4-1)15-16-26-24-23-20-13-7-8-14-21(20)29-25(23)28-22(27-24)17-19-11-5-2-6-12-19/h1-6,9-12H,7-8,13-17H2,(H,26,27,28). The molecule has 2 aromatic heterocycles. The molecule has 4 heteroatoms. The molecular formula is C25H25N3S. The maximum absolute atomic E-state index is 4.99. The molecule has 0 aliphatic heterocycles. The Morgan fingerprint density at radius 1 is 0.828 bits per heavy atom. The van der Waals surface area contributed by atoms with Crippen LogP contribution in [-0.4, -0.2) is 16.5 Å². The molecule has 0 fully saturated rings. The Balaban J connectivity index is 1.47. The van der Waals surface area contributed by atoms with Crippen LogP contribution in [0.4, 0.5) is 5.82 Å². The summed E-state index contributed by atoms with van der Waals surface area (Å²) in [6.07, 6.45) is 6.67. The summed E-state index contributed by atoms with van der Waals surface area (Å²) in [7, 11) is 0. The van der Waals surface area contributed by atoms with Crippen LogP contribution < -0.4 is 5.32 Å². The van der Waals surface area contributed by atoms with Gasteiger partial charge >= 0.3 is 0 Å². The van der Waals surface area contributed by atoms with Gasteiger partial charge in [-0.25, -0.2) is 9.97 Å². The van der Waals surface area contributed by atoms with Gasteiger partial charge in [-0.3, -0.25) is 0 Å². The van der Waals surface area contributed by atoms with Crippen molar-refractivity contribution in [3.8, 4) is 0 Å². The van der Waals surface area contributed by atoms with Gasteiger partial charge in [0, 0.05) is 17.8 Å². The number of anilines is 1. The number of fused-ring (bicyclic) bond motifs is 3.